The number of nitrogens with zero attached hydrogens (tertiary/aromatic N) is 1. The van der Waals surface area contributed by atoms with Crippen molar-refractivity contribution >= 4 is 0 Å². The fraction of sp³-hybridized carbons (Fsp3) is 0.417. The molecule has 80 valence electrons. The van der Waals surface area contributed by atoms with Crippen LogP contribution in [0.3, 0.4) is 0 Å². The standard InChI is InChI=1S/C12H15NO2/c1-4-15-12-7-10(9(2)8-13)5-6-11(12)14-3/h5-7,9H,4H2,1-3H3. The zero-order chi connectivity index (χ0) is 11.3. The van der Waals surface area contributed by atoms with Gasteiger partial charge in [-0.3, -0.25) is 0 Å². The van der Waals surface area contributed by atoms with Crippen LogP contribution in [-0.4, -0.2) is 13.7 Å². The van der Waals surface area contributed by atoms with Crippen molar-refractivity contribution in [3.63, 3.8) is 0 Å². The van der Waals surface area contributed by atoms with Gasteiger partial charge in [0.1, 0.15) is 0 Å². The molecule has 0 aromatic heterocycles. The van der Waals surface area contributed by atoms with E-state index in [9.17, 15) is 0 Å². The van der Waals surface area contributed by atoms with E-state index in [2.05, 4.69) is 6.07 Å². The minimum Gasteiger partial charge on any atom is -0.493 e. The molecule has 1 aromatic rings. The van der Waals surface area contributed by atoms with Gasteiger partial charge in [0.05, 0.1) is 25.7 Å². The topological polar surface area (TPSA) is 42.2 Å². The molecular formula is C12H15NO2. The van der Waals surface area contributed by atoms with Gasteiger partial charge in [-0.05, 0) is 31.5 Å². The van der Waals surface area contributed by atoms with Crippen LogP contribution in [0.1, 0.15) is 25.3 Å². The van der Waals surface area contributed by atoms with Crippen LogP contribution in [0.4, 0.5) is 0 Å². The van der Waals surface area contributed by atoms with Gasteiger partial charge in [-0.1, -0.05) is 6.07 Å². The lowest BCUT2D eigenvalue weighted by Gasteiger charge is -2.11. The van der Waals surface area contributed by atoms with Gasteiger partial charge in [0.2, 0.25) is 0 Å². The van der Waals surface area contributed by atoms with Crippen LogP contribution in [-0.2, 0) is 0 Å². The quantitative estimate of drug-likeness (QED) is 0.759. The first-order valence-electron chi connectivity index (χ1n) is 4.93. The number of hydrogen-bond donors (Lipinski definition) is 0. The Morgan fingerprint density at radius 2 is 2.13 bits per heavy atom. The molecule has 1 rings (SSSR count). The fourth-order valence-corrected chi connectivity index (χ4v) is 1.31. The Balaban J connectivity index is 3.05. The summed E-state index contributed by atoms with van der Waals surface area (Å²) in [5.41, 5.74) is 0.946. The van der Waals surface area contributed by atoms with Crippen LogP contribution in [0.15, 0.2) is 18.2 Å². The zero-order valence-electron chi connectivity index (χ0n) is 9.28. The zero-order valence-corrected chi connectivity index (χ0v) is 9.28. The van der Waals surface area contributed by atoms with Crippen molar-refractivity contribution < 1.29 is 9.47 Å². The predicted octanol–water partition coefficient (Wildman–Crippen LogP) is 2.72. The number of ether oxygens (including phenoxy) is 2. The normalized spacial score (nSPS) is 11.6. The van der Waals surface area contributed by atoms with E-state index in [1.807, 2.05) is 32.0 Å². The average molecular weight is 205 g/mol. The maximum Gasteiger partial charge on any atom is 0.161 e. The highest BCUT2D eigenvalue weighted by Crippen LogP contribution is 2.30. The fourth-order valence-electron chi connectivity index (χ4n) is 1.31. The second kappa shape index (κ2) is 5.26. The van der Waals surface area contributed by atoms with Crippen LogP contribution in [0.2, 0.25) is 0 Å². The molecule has 0 N–H and O–H groups in total. The summed E-state index contributed by atoms with van der Waals surface area (Å²) < 4.78 is 10.6. The Morgan fingerprint density at radius 3 is 2.67 bits per heavy atom. The van der Waals surface area contributed by atoms with Crippen LogP contribution in [0.25, 0.3) is 0 Å². The van der Waals surface area contributed by atoms with Crippen LogP contribution in [0, 0.1) is 11.3 Å². The summed E-state index contributed by atoms with van der Waals surface area (Å²) in [7, 11) is 1.60. The van der Waals surface area contributed by atoms with E-state index < -0.39 is 0 Å². The third-order valence-electron chi connectivity index (χ3n) is 2.18. The molecule has 0 fully saturated rings. The molecule has 0 aliphatic heterocycles. The van der Waals surface area contributed by atoms with E-state index in [0.29, 0.717) is 18.1 Å². The van der Waals surface area contributed by atoms with Crippen molar-refractivity contribution in [2.75, 3.05) is 13.7 Å². The highest BCUT2D eigenvalue weighted by molar-refractivity contribution is 5.44. The molecule has 0 bridgehead atoms. The third kappa shape index (κ3) is 2.63. The van der Waals surface area contributed by atoms with Gasteiger partial charge in [0.15, 0.2) is 11.5 Å². The molecule has 0 aliphatic rings. The smallest absolute Gasteiger partial charge is 0.161 e. The lowest BCUT2D eigenvalue weighted by molar-refractivity contribution is 0.310. The Kier molecular flexibility index (Phi) is 3.99. The van der Waals surface area contributed by atoms with Crippen molar-refractivity contribution in [3.8, 4) is 17.6 Å². The molecule has 0 radical (unpaired) electrons. The van der Waals surface area contributed by atoms with Crippen molar-refractivity contribution in [1.82, 2.24) is 0 Å². The largest absolute Gasteiger partial charge is 0.493 e. The Morgan fingerprint density at radius 1 is 1.40 bits per heavy atom. The molecule has 0 heterocycles. The van der Waals surface area contributed by atoms with E-state index in [-0.39, 0.29) is 5.92 Å². The van der Waals surface area contributed by atoms with E-state index in [4.69, 9.17) is 14.7 Å². The third-order valence-corrected chi connectivity index (χ3v) is 2.18. The highest BCUT2D eigenvalue weighted by Gasteiger charge is 2.09. The summed E-state index contributed by atoms with van der Waals surface area (Å²) in [4.78, 5) is 0. The van der Waals surface area contributed by atoms with E-state index >= 15 is 0 Å². The molecular weight excluding hydrogens is 190 g/mol. The summed E-state index contributed by atoms with van der Waals surface area (Å²) in [6.07, 6.45) is 0. The molecule has 0 saturated carbocycles. The molecule has 1 aromatic carbocycles. The second-order valence-corrected chi connectivity index (χ2v) is 3.19. The minimum absolute atomic E-state index is 0.130. The van der Waals surface area contributed by atoms with Crippen LogP contribution >= 0.6 is 0 Å². The minimum atomic E-state index is -0.130. The lowest BCUT2D eigenvalue weighted by Crippen LogP contribution is -1.97. The number of nitriles is 1. The predicted molar refractivity (Wildman–Crippen MR) is 58.2 cm³/mol. The van der Waals surface area contributed by atoms with Gasteiger partial charge >= 0.3 is 0 Å². The highest BCUT2D eigenvalue weighted by atomic mass is 16.5. The van der Waals surface area contributed by atoms with Gasteiger partial charge in [-0.25, -0.2) is 0 Å². The summed E-state index contributed by atoms with van der Waals surface area (Å²) in [5, 5.41) is 8.81. The molecule has 0 aliphatic carbocycles. The Labute approximate surface area is 90.2 Å². The molecule has 3 nitrogen and oxygen atoms in total. The lowest BCUT2D eigenvalue weighted by atomic mass is 10.0. The first-order chi connectivity index (χ1) is 7.22. The van der Waals surface area contributed by atoms with Gasteiger partial charge in [0.25, 0.3) is 0 Å². The van der Waals surface area contributed by atoms with Crippen molar-refractivity contribution in [2.45, 2.75) is 19.8 Å². The number of methoxy groups -OCH3 is 1. The van der Waals surface area contributed by atoms with E-state index in [1.165, 1.54) is 0 Å². The summed E-state index contributed by atoms with van der Waals surface area (Å²) in [6.45, 7) is 4.36. The van der Waals surface area contributed by atoms with Gasteiger partial charge in [0, 0.05) is 0 Å². The van der Waals surface area contributed by atoms with Crippen LogP contribution in [0.5, 0.6) is 11.5 Å². The van der Waals surface area contributed by atoms with Crippen molar-refractivity contribution in [2.24, 2.45) is 0 Å². The maximum atomic E-state index is 8.81. The van der Waals surface area contributed by atoms with Crippen molar-refractivity contribution in [3.05, 3.63) is 23.8 Å². The first-order valence-corrected chi connectivity index (χ1v) is 4.93. The summed E-state index contributed by atoms with van der Waals surface area (Å²) in [5.74, 6) is 1.26. The Hall–Kier alpha value is -1.69. The molecule has 1 unspecified atom stereocenters. The monoisotopic (exact) mass is 205 g/mol. The average Bonchev–Trinajstić information content (AvgIpc) is 2.28. The van der Waals surface area contributed by atoms with E-state index in [0.717, 1.165) is 5.56 Å². The molecule has 0 saturated heterocycles. The molecule has 1 atom stereocenters. The molecule has 15 heavy (non-hydrogen) atoms. The number of hydrogen-bond acceptors (Lipinski definition) is 3. The molecule has 0 amide bonds. The Bertz CT molecular complexity index is 368. The second-order valence-electron chi connectivity index (χ2n) is 3.19. The number of rotatable bonds is 4. The van der Waals surface area contributed by atoms with Crippen LogP contribution < -0.4 is 9.47 Å². The van der Waals surface area contributed by atoms with Gasteiger partial charge in [-0.15, -0.1) is 0 Å². The number of benzene rings is 1. The summed E-state index contributed by atoms with van der Waals surface area (Å²) >= 11 is 0. The first kappa shape index (κ1) is 11.4. The molecule has 0 spiro atoms. The maximum absolute atomic E-state index is 8.81. The summed E-state index contributed by atoms with van der Waals surface area (Å²) in [6, 6.07) is 7.76. The van der Waals surface area contributed by atoms with Crippen molar-refractivity contribution in [1.29, 1.82) is 5.26 Å². The van der Waals surface area contributed by atoms with Gasteiger partial charge in [-0.2, -0.15) is 5.26 Å². The van der Waals surface area contributed by atoms with Gasteiger partial charge < -0.3 is 9.47 Å². The van der Waals surface area contributed by atoms with E-state index in [1.54, 1.807) is 7.11 Å². The molecule has 3 heteroatoms. The SMILES string of the molecule is CCOc1cc(C(C)C#N)ccc1OC.